The van der Waals surface area contributed by atoms with Gasteiger partial charge in [-0.2, -0.15) is 0 Å². The molecule has 0 aliphatic rings. The summed E-state index contributed by atoms with van der Waals surface area (Å²) in [4.78, 5) is 4.17. The SMILES string of the molecule is Cc1nc2ccc(C(C)CCN)c(O)c2o1. The highest BCUT2D eigenvalue weighted by molar-refractivity contribution is 5.81. The van der Waals surface area contributed by atoms with E-state index in [0.717, 1.165) is 12.0 Å². The number of hydrogen-bond acceptors (Lipinski definition) is 4. The first kappa shape index (κ1) is 11.0. The topological polar surface area (TPSA) is 72.3 Å². The van der Waals surface area contributed by atoms with Gasteiger partial charge in [0, 0.05) is 12.5 Å². The van der Waals surface area contributed by atoms with Gasteiger partial charge in [-0.15, -0.1) is 0 Å². The maximum absolute atomic E-state index is 10.1. The Bertz CT molecular complexity index is 505. The van der Waals surface area contributed by atoms with Crippen LogP contribution in [0.25, 0.3) is 11.1 Å². The van der Waals surface area contributed by atoms with E-state index >= 15 is 0 Å². The van der Waals surface area contributed by atoms with Crippen molar-refractivity contribution in [2.75, 3.05) is 6.54 Å². The Labute approximate surface area is 94.1 Å². The highest BCUT2D eigenvalue weighted by Crippen LogP contribution is 2.34. The molecule has 16 heavy (non-hydrogen) atoms. The molecule has 0 radical (unpaired) electrons. The predicted octanol–water partition coefficient (Wildman–Crippen LogP) is 2.29. The molecule has 3 N–H and O–H groups in total. The number of rotatable bonds is 3. The molecule has 1 aromatic heterocycles. The van der Waals surface area contributed by atoms with E-state index < -0.39 is 0 Å². The van der Waals surface area contributed by atoms with Crippen LogP contribution in [0.15, 0.2) is 16.5 Å². The fraction of sp³-hybridized carbons (Fsp3) is 0.417. The number of phenolic OH excluding ortho intramolecular Hbond substituents is 1. The molecule has 1 atom stereocenters. The van der Waals surface area contributed by atoms with E-state index in [0.29, 0.717) is 23.5 Å². The Balaban J connectivity index is 2.51. The molecule has 0 aliphatic carbocycles. The molecule has 0 saturated carbocycles. The van der Waals surface area contributed by atoms with Crippen LogP contribution in [-0.4, -0.2) is 16.6 Å². The van der Waals surface area contributed by atoms with Gasteiger partial charge in [-0.3, -0.25) is 0 Å². The zero-order valence-electron chi connectivity index (χ0n) is 9.53. The zero-order chi connectivity index (χ0) is 11.7. The molecule has 0 spiro atoms. The van der Waals surface area contributed by atoms with Crippen LogP contribution in [0.3, 0.4) is 0 Å². The second kappa shape index (κ2) is 4.14. The van der Waals surface area contributed by atoms with E-state index in [2.05, 4.69) is 4.98 Å². The molecular formula is C12H16N2O2. The average molecular weight is 220 g/mol. The third-order valence-electron chi connectivity index (χ3n) is 2.80. The van der Waals surface area contributed by atoms with Gasteiger partial charge >= 0.3 is 0 Å². The fourth-order valence-electron chi connectivity index (χ4n) is 1.91. The smallest absolute Gasteiger partial charge is 0.196 e. The second-order valence-electron chi connectivity index (χ2n) is 4.06. The molecule has 4 heteroatoms. The Morgan fingerprint density at radius 2 is 2.25 bits per heavy atom. The summed E-state index contributed by atoms with van der Waals surface area (Å²) in [6.07, 6.45) is 0.839. The quantitative estimate of drug-likeness (QED) is 0.832. The van der Waals surface area contributed by atoms with Crippen LogP contribution >= 0.6 is 0 Å². The molecule has 0 saturated heterocycles. The molecule has 2 rings (SSSR count). The standard InChI is InChI=1S/C12H16N2O2/c1-7(5-6-13)9-3-4-10-12(11(9)15)16-8(2)14-10/h3-4,7,15H,5-6,13H2,1-2H3. The zero-order valence-corrected chi connectivity index (χ0v) is 9.53. The number of oxazole rings is 1. The molecule has 1 unspecified atom stereocenters. The van der Waals surface area contributed by atoms with Crippen LogP contribution in [0, 0.1) is 6.92 Å². The van der Waals surface area contributed by atoms with Crippen molar-refractivity contribution in [3.8, 4) is 5.75 Å². The van der Waals surface area contributed by atoms with Crippen LogP contribution in [-0.2, 0) is 0 Å². The minimum atomic E-state index is 0.194. The van der Waals surface area contributed by atoms with Crippen LogP contribution in [0.2, 0.25) is 0 Å². The third kappa shape index (κ3) is 1.76. The van der Waals surface area contributed by atoms with Crippen molar-refractivity contribution >= 4 is 11.1 Å². The number of aryl methyl sites for hydroxylation is 1. The highest BCUT2D eigenvalue weighted by Gasteiger charge is 2.15. The van der Waals surface area contributed by atoms with Crippen molar-refractivity contribution in [3.63, 3.8) is 0 Å². The minimum Gasteiger partial charge on any atom is -0.504 e. The molecule has 1 heterocycles. The number of benzene rings is 1. The Hall–Kier alpha value is -1.55. The maximum atomic E-state index is 10.1. The van der Waals surface area contributed by atoms with Gasteiger partial charge in [0.1, 0.15) is 5.52 Å². The first-order valence-electron chi connectivity index (χ1n) is 5.42. The fourth-order valence-corrected chi connectivity index (χ4v) is 1.91. The van der Waals surface area contributed by atoms with Crippen molar-refractivity contribution in [2.45, 2.75) is 26.2 Å². The van der Waals surface area contributed by atoms with E-state index in [-0.39, 0.29) is 11.7 Å². The summed E-state index contributed by atoms with van der Waals surface area (Å²) in [5.74, 6) is 0.979. The first-order chi connectivity index (χ1) is 7.63. The van der Waals surface area contributed by atoms with Crippen molar-refractivity contribution < 1.29 is 9.52 Å². The van der Waals surface area contributed by atoms with E-state index in [4.69, 9.17) is 10.2 Å². The van der Waals surface area contributed by atoms with E-state index in [9.17, 15) is 5.11 Å². The predicted molar refractivity (Wildman–Crippen MR) is 62.5 cm³/mol. The van der Waals surface area contributed by atoms with Crippen molar-refractivity contribution in [1.29, 1.82) is 0 Å². The molecule has 0 amide bonds. The molecule has 2 aromatic rings. The van der Waals surface area contributed by atoms with Crippen LogP contribution in [0.4, 0.5) is 0 Å². The van der Waals surface area contributed by atoms with Crippen molar-refractivity contribution in [1.82, 2.24) is 4.98 Å². The van der Waals surface area contributed by atoms with Crippen molar-refractivity contribution in [2.24, 2.45) is 5.73 Å². The van der Waals surface area contributed by atoms with Gasteiger partial charge < -0.3 is 15.3 Å². The summed E-state index contributed by atoms with van der Waals surface area (Å²) >= 11 is 0. The van der Waals surface area contributed by atoms with Gasteiger partial charge in [-0.1, -0.05) is 13.0 Å². The first-order valence-corrected chi connectivity index (χ1v) is 5.42. The molecule has 4 nitrogen and oxygen atoms in total. The normalized spacial score (nSPS) is 13.2. The lowest BCUT2D eigenvalue weighted by Gasteiger charge is -2.11. The van der Waals surface area contributed by atoms with Crippen LogP contribution in [0.1, 0.15) is 30.7 Å². The summed E-state index contributed by atoms with van der Waals surface area (Å²) in [6.45, 7) is 4.41. The lowest BCUT2D eigenvalue weighted by molar-refractivity contribution is 0.448. The molecule has 0 fully saturated rings. The van der Waals surface area contributed by atoms with Gasteiger partial charge in [-0.25, -0.2) is 4.98 Å². The summed E-state index contributed by atoms with van der Waals surface area (Å²) in [5, 5.41) is 10.1. The summed E-state index contributed by atoms with van der Waals surface area (Å²) in [6, 6.07) is 3.76. The third-order valence-corrected chi connectivity index (χ3v) is 2.80. The summed E-state index contributed by atoms with van der Waals surface area (Å²) in [7, 11) is 0. The summed E-state index contributed by atoms with van der Waals surface area (Å²) < 4.78 is 5.38. The van der Waals surface area contributed by atoms with Crippen LogP contribution in [0.5, 0.6) is 5.75 Å². The Morgan fingerprint density at radius 1 is 1.50 bits per heavy atom. The Kier molecular flexibility index (Phi) is 2.83. The van der Waals surface area contributed by atoms with E-state index in [1.807, 2.05) is 19.1 Å². The van der Waals surface area contributed by atoms with Crippen LogP contribution < -0.4 is 5.73 Å². The number of phenols is 1. The van der Waals surface area contributed by atoms with Gasteiger partial charge in [0.2, 0.25) is 0 Å². The Morgan fingerprint density at radius 3 is 2.94 bits per heavy atom. The van der Waals surface area contributed by atoms with Crippen molar-refractivity contribution in [3.05, 3.63) is 23.6 Å². The van der Waals surface area contributed by atoms with Gasteiger partial charge in [0.25, 0.3) is 0 Å². The van der Waals surface area contributed by atoms with Gasteiger partial charge in [-0.05, 0) is 24.9 Å². The number of nitrogens with zero attached hydrogens (tertiary/aromatic N) is 1. The van der Waals surface area contributed by atoms with Gasteiger partial charge in [0.05, 0.1) is 0 Å². The number of nitrogens with two attached hydrogens (primary N) is 1. The second-order valence-corrected chi connectivity index (χ2v) is 4.06. The molecule has 0 aliphatic heterocycles. The lowest BCUT2D eigenvalue weighted by Crippen LogP contribution is -2.04. The monoisotopic (exact) mass is 220 g/mol. The summed E-state index contributed by atoms with van der Waals surface area (Å²) in [5.41, 5.74) is 7.55. The largest absolute Gasteiger partial charge is 0.504 e. The lowest BCUT2D eigenvalue weighted by atomic mass is 9.96. The molecule has 1 aromatic carbocycles. The molecular weight excluding hydrogens is 204 g/mol. The number of fused-ring (bicyclic) bond motifs is 1. The van der Waals surface area contributed by atoms with Gasteiger partial charge in [0.15, 0.2) is 17.2 Å². The minimum absolute atomic E-state index is 0.194. The van der Waals surface area contributed by atoms with E-state index in [1.54, 1.807) is 6.92 Å². The molecule has 0 bridgehead atoms. The number of aromatic hydroxyl groups is 1. The number of hydrogen-bond donors (Lipinski definition) is 2. The average Bonchev–Trinajstić information content (AvgIpc) is 2.60. The maximum Gasteiger partial charge on any atom is 0.196 e. The van der Waals surface area contributed by atoms with E-state index in [1.165, 1.54) is 0 Å². The number of aromatic nitrogens is 1. The highest BCUT2D eigenvalue weighted by atomic mass is 16.4. The molecule has 86 valence electrons.